The number of nitrogens with one attached hydrogen (secondary N) is 1. The number of anilines is 1. The molecular weight excluding hydrogens is 286 g/mol. The average molecular weight is 301 g/mol. The van der Waals surface area contributed by atoms with E-state index in [1.807, 2.05) is 0 Å². The highest BCUT2D eigenvalue weighted by Gasteiger charge is 2.23. The van der Waals surface area contributed by atoms with Crippen molar-refractivity contribution in [2.75, 3.05) is 5.32 Å². The van der Waals surface area contributed by atoms with Crippen molar-refractivity contribution in [3.8, 4) is 6.07 Å². The summed E-state index contributed by atoms with van der Waals surface area (Å²) in [4.78, 5) is 0. The molecule has 1 aliphatic rings. The average Bonchev–Trinajstić information content (AvgIpc) is 2.61. The van der Waals surface area contributed by atoms with Crippen LogP contribution in [0.2, 0.25) is 10.0 Å². The molecule has 19 heavy (non-hydrogen) atoms. The Kier molecular flexibility index (Phi) is 4.90. The number of hydrogen-bond acceptors (Lipinski definition) is 2. The van der Waals surface area contributed by atoms with Crippen molar-refractivity contribution in [2.45, 2.75) is 38.1 Å². The molecule has 1 N–H and O–H groups in total. The number of halogens is 3. The van der Waals surface area contributed by atoms with Gasteiger partial charge >= 0.3 is 0 Å². The molecule has 1 aromatic carbocycles. The number of nitriles is 1. The lowest BCUT2D eigenvalue weighted by Crippen LogP contribution is -2.27. The normalized spacial score (nSPS) is 23.5. The van der Waals surface area contributed by atoms with Crippen LogP contribution in [0.3, 0.4) is 0 Å². The molecule has 2 unspecified atom stereocenters. The summed E-state index contributed by atoms with van der Waals surface area (Å²) in [5.74, 6) is -0.628. The topological polar surface area (TPSA) is 35.8 Å². The summed E-state index contributed by atoms with van der Waals surface area (Å²) >= 11 is 11.5. The van der Waals surface area contributed by atoms with E-state index in [2.05, 4.69) is 11.4 Å². The molecule has 2 atom stereocenters. The molecule has 1 saturated carbocycles. The number of rotatable bonds is 2. The summed E-state index contributed by atoms with van der Waals surface area (Å²) in [6.45, 7) is 0. The Morgan fingerprint density at radius 3 is 2.42 bits per heavy atom. The Bertz CT molecular complexity index is 476. The van der Waals surface area contributed by atoms with Crippen LogP contribution in [0.4, 0.5) is 10.1 Å². The zero-order chi connectivity index (χ0) is 13.8. The molecule has 0 aliphatic heterocycles. The fourth-order valence-corrected chi connectivity index (χ4v) is 2.97. The molecule has 1 fully saturated rings. The Morgan fingerprint density at radius 1 is 1.16 bits per heavy atom. The zero-order valence-electron chi connectivity index (χ0n) is 10.4. The maximum Gasteiger partial charge on any atom is 0.160 e. The minimum Gasteiger partial charge on any atom is -0.381 e. The van der Waals surface area contributed by atoms with Gasteiger partial charge in [-0.05, 0) is 25.0 Å². The fourth-order valence-electron chi connectivity index (χ4n) is 2.49. The quantitative estimate of drug-likeness (QED) is 0.615. The Morgan fingerprint density at radius 2 is 1.79 bits per heavy atom. The zero-order valence-corrected chi connectivity index (χ0v) is 11.9. The van der Waals surface area contributed by atoms with Crippen molar-refractivity contribution < 1.29 is 4.39 Å². The first-order valence-corrected chi connectivity index (χ1v) is 7.18. The Balaban J connectivity index is 2.17. The molecule has 0 amide bonds. The summed E-state index contributed by atoms with van der Waals surface area (Å²) < 4.78 is 13.4. The van der Waals surface area contributed by atoms with Crippen molar-refractivity contribution in [1.29, 1.82) is 5.26 Å². The maximum absolute atomic E-state index is 13.4. The van der Waals surface area contributed by atoms with Gasteiger partial charge in [0.15, 0.2) is 5.82 Å². The molecule has 1 aliphatic carbocycles. The van der Waals surface area contributed by atoms with Gasteiger partial charge in [-0.25, -0.2) is 4.39 Å². The molecule has 2 nitrogen and oxygen atoms in total. The summed E-state index contributed by atoms with van der Waals surface area (Å²) in [5, 5.41) is 12.5. The summed E-state index contributed by atoms with van der Waals surface area (Å²) in [6, 6.07) is 5.46. The second kappa shape index (κ2) is 6.45. The smallest absolute Gasteiger partial charge is 0.160 e. The molecule has 0 spiro atoms. The van der Waals surface area contributed by atoms with E-state index in [4.69, 9.17) is 23.2 Å². The largest absolute Gasteiger partial charge is 0.381 e. The summed E-state index contributed by atoms with van der Waals surface area (Å²) in [6.07, 6.45) is 5.17. The van der Waals surface area contributed by atoms with Crippen molar-refractivity contribution in [3.05, 3.63) is 28.0 Å². The van der Waals surface area contributed by atoms with Crippen LogP contribution in [0.5, 0.6) is 0 Å². The van der Waals surface area contributed by atoms with Gasteiger partial charge in [0.05, 0.1) is 22.0 Å². The van der Waals surface area contributed by atoms with Crippen LogP contribution < -0.4 is 5.32 Å². The molecule has 0 heterocycles. The molecule has 0 radical (unpaired) electrons. The van der Waals surface area contributed by atoms with Crippen LogP contribution in [0.1, 0.15) is 32.1 Å². The van der Waals surface area contributed by atoms with Crippen LogP contribution in [0.25, 0.3) is 0 Å². The van der Waals surface area contributed by atoms with Crippen molar-refractivity contribution in [2.24, 2.45) is 5.92 Å². The van der Waals surface area contributed by atoms with Gasteiger partial charge in [-0.15, -0.1) is 0 Å². The molecular formula is C14H15Cl2FN2. The van der Waals surface area contributed by atoms with Gasteiger partial charge in [0.25, 0.3) is 0 Å². The van der Waals surface area contributed by atoms with Crippen LogP contribution in [-0.2, 0) is 0 Å². The number of benzene rings is 1. The van der Waals surface area contributed by atoms with Crippen molar-refractivity contribution in [3.63, 3.8) is 0 Å². The van der Waals surface area contributed by atoms with E-state index in [-0.39, 0.29) is 22.0 Å². The predicted octanol–water partition coefficient (Wildman–Crippen LogP) is 5.02. The van der Waals surface area contributed by atoms with Gasteiger partial charge in [-0.2, -0.15) is 5.26 Å². The first kappa shape index (κ1) is 14.4. The van der Waals surface area contributed by atoms with E-state index in [0.717, 1.165) is 32.1 Å². The molecule has 2 rings (SSSR count). The summed E-state index contributed by atoms with van der Waals surface area (Å²) in [5.41, 5.74) is 0.670. The number of nitrogens with zero attached hydrogens (tertiary/aromatic N) is 1. The molecule has 0 bridgehead atoms. The first-order chi connectivity index (χ1) is 9.11. The van der Waals surface area contributed by atoms with Gasteiger partial charge in [0, 0.05) is 11.7 Å². The minimum absolute atomic E-state index is 0.00266. The monoisotopic (exact) mass is 300 g/mol. The minimum atomic E-state index is -0.605. The second-order valence-corrected chi connectivity index (χ2v) is 5.69. The van der Waals surface area contributed by atoms with Gasteiger partial charge in [-0.1, -0.05) is 42.5 Å². The third-order valence-electron chi connectivity index (χ3n) is 3.52. The summed E-state index contributed by atoms with van der Waals surface area (Å²) in [7, 11) is 0. The lowest BCUT2D eigenvalue weighted by atomic mass is 9.96. The highest BCUT2D eigenvalue weighted by atomic mass is 35.5. The maximum atomic E-state index is 13.4. The van der Waals surface area contributed by atoms with Crippen molar-refractivity contribution >= 4 is 28.9 Å². The van der Waals surface area contributed by atoms with E-state index in [1.54, 1.807) is 0 Å². The molecule has 0 aromatic heterocycles. The first-order valence-electron chi connectivity index (χ1n) is 6.42. The molecule has 1 aromatic rings. The Labute approximate surface area is 122 Å². The Hall–Kier alpha value is -0.980. The van der Waals surface area contributed by atoms with Gasteiger partial charge in [0.1, 0.15) is 0 Å². The highest BCUT2D eigenvalue weighted by Crippen LogP contribution is 2.30. The fraction of sp³-hybridized carbons (Fsp3) is 0.500. The van der Waals surface area contributed by atoms with E-state index in [1.165, 1.54) is 12.1 Å². The van der Waals surface area contributed by atoms with Gasteiger partial charge in [0.2, 0.25) is 0 Å². The SMILES string of the molecule is N#CC1CCCCCC1Nc1cc(Cl)c(F)c(Cl)c1. The predicted molar refractivity (Wildman–Crippen MR) is 76.0 cm³/mol. The van der Waals surface area contributed by atoms with Crippen LogP contribution in [0.15, 0.2) is 12.1 Å². The molecule has 0 saturated heterocycles. The number of hydrogen-bond donors (Lipinski definition) is 1. The molecule has 5 heteroatoms. The lowest BCUT2D eigenvalue weighted by molar-refractivity contribution is 0.514. The van der Waals surface area contributed by atoms with E-state index in [9.17, 15) is 9.65 Å². The van der Waals surface area contributed by atoms with Crippen LogP contribution in [0, 0.1) is 23.1 Å². The van der Waals surface area contributed by atoms with E-state index in [0.29, 0.717) is 5.69 Å². The third kappa shape index (κ3) is 3.52. The third-order valence-corrected chi connectivity index (χ3v) is 4.07. The second-order valence-electron chi connectivity index (χ2n) is 4.88. The van der Waals surface area contributed by atoms with Gasteiger partial charge < -0.3 is 5.32 Å². The van der Waals surface area contributed by atoms with Crippen molar-refractivity contribution in [1.82, 2.24) is 0 Å². The molecule has 102 valence electrons. The lowest BCUT2D eigenvalue weighted by Gasteiger charge is -2.22. The van der Waals surface area contributed by atoms with Crippen LogP contribution in [-0.4, -0.2) is 6.04 Å². The standard InChI is InChI=1S/C14H15Cl2FN2/c15-11-6-10(7-12(16)14(11)17)19-13-5-3-1-2-4-9(13)8-18/h6-7,9,13,19H,1-5H2. The van der Waals surface area contributed by atoms with Crippen LogP contribution >= 0.6 is 23.2 Å². The highest BCUT2D eigenvalue weighted by molar-refractivity contribution is 6.35. The van der Waals surface area contributed by atoms with E-state index < -0.39 is 5.82 Å². The van der Waals surface area contributed by atoms with Gasteiger partial charge in [-0.3, -0.25) is 0 Å². The van der Waals surface area contributed by atoms with E-state index >= 15 is 0 Å².